The summed E-state index contributed by atoms with van der Waals surface area (Å²) in [5, 5.41) is 6.78. The topological polar surface area (TPSA) is 24.1 Å². The van der Waals surface area contributed by atoms with Crippen molar-refractivity contribution in [1.82, 2.24) is 10.6 Å². The van der Waals surface area contributed by atoms with Crippen LogP contribution in [0.3, 0.4) is 0 Å². The molecular weight excluding hydrogens is 628 g/mol. The van der Waals surface area contributed by atoms with Crippen LogP contribution < -0.4 is 10.6 Å². The molecule has 0 bridgehead atoms. The van der Waals surface area contributed by atoms with Gasteiger partial charge in [0, 0.05) is 23.5 Å². The monoisotopic (exact) mass is 690 g/mol. The number of rotatable bonds is 12. The van der Waals surface area contributed by atoms with Crippen LogP contribution in [0.4, 0.5) is 0 Å². The lowest BCUT2D eigenvalue weighted by molar-refractivity contribution is 0.512. The molecule has 3 heteroatoms. The van der Waals surface area contributed by atoms with Crippen LogP contribution in [0.2, 0.25) is 5.02 Å². The Morgan fingerprint density at radius 1 is 0.880 bits per heavy atom. The van der Waals surface area contributed by atoms with Crippen LogP contribution in [0.5, 0.6) is 0 Å². The first-order valence-corrected chi connectivity index (χ1v) is 18.4. The van der Waals surface area contributed by atoms with Crippen LogP contribution in [-0.2, 0) is 6.42 Å². The van der Waals surface area contributed by atoms with Crippen LogP contribution in [0.15, 0.2) is 147 Å². The molecule has 0 unspecified atom stereocenters. The summed E-state index contributed by atoms with van der Waals surface area (Å²) in [7, 11) is 0. The molecule has 0 amide bonds. The average Bonchev–Trinajstić information content (AvgIpc) is 3.13. The minimum Gasteiger partial charge on any atom is -0.391 e. The van der Waals surface area contributed by atoms with Gasteiger partial charge in [-0.3, -0.25) is 0 Å². The molecule has 1 aliphatic carbocycles. The highest BCUT2D eigenvalue weighted by molar-refractivity contribution is 6.30. The van der Waals surface area contributed by atoms with Crippen molar-refractivity contribution in [2.24, 2.45) is 0 Å². The van der Waals surface area contributed by atoms with Gasteiger partial charge < -0.3 is 10.6 Å². The molecule has 0 aliphatic heterocycles. The highest BCUT2D eigenvalue weighted by Crippen LogP contribution is 2.37. The zero-order valence-corrected chi connectivity index (χ0v) is 32.6. The lowest BCUT2D eigenvalue weighted by Crippen LogP contribution is -2.08. The third kappa shape index (κ3) is 17.9. The lowest BCUT2D eigenvalue weighted by atomic mass is 9.79. The number of hydrogen-bond acceptors (Lipinski definition) is 2. The van der Waals surface area contributed by atoms with Gasteiger partial charge in [-0.2, -0.15) is 0 Å². The van der Waals surface area contributed by atoms with Gasteiger partial charge in [0.25, 0.3) is 0 Å². The standard InChI is InChI=1S/C17H24.C16H16ClN.C9H12.C5H11N/c1-3-7-15-8-5-6-9-17(15)16-12-10-14(4-2)11-13-16;1-4-6-15(5-2)13(3)18-12-11-14-7-9-16(17)10-8-14;1-7-4-5-8(2)9(3)6-7;1-3-5-6-4-2/h4-6,8-9,16H,3,7,10-13H2,1-2H3;4-12,18H,1-3H2;4-6H,1-3H3;4,6H,2-3,5H2,1H3/b;12-11-,15-6+;;. The molecule has 3 aromatic rings. The number of halogens is 1. The van der Waals surface area contributed by atoms with Crippen molar-refractivity contribution >= 4 is 17.7 Å². The van der Waals surface area contributed by atoms with Crippen molar-refractivity contribution in [2.45, 2.75) is 92.4 Å². The Morgan fingerprint density at radius 3 is 2.08 bits per heavy atom. The zero-order valence-electron chi connectivity index (χ0n) is 31.8. The first-order valence-electron chi connectivity index (χ1n) is 18.1. The van der Waals surface area contributed by atoms with E-state index in [2.05, 4.69) is 127 Å². The Bertz CT molecular complexity index is 1530. The fourth-order valence-corrected chi connectivity index (χ4v) is 5.60. The van der Waals surface area contributed by atoms with Gasteiger partial charge in [-0.05, 0) is 130 Å². The molecule has 2 N–H and O–H groups in total. The van der Waals surface area contributed by atoms with Crippen LogP contribution in [0.25, 0.3) is 6.08 Å². The van der Waals surface area contributed by atoms with Crippen molar-refractivity contribution in [3.63, 3.8) is 0 Å². The van der Waals surface area contributed by atoms with E-state index in [1.807, 2.05) is 42.6 Å². The van der Waals surface area contributed by atoms with Gasteiger partial charge in [-0.15, -0.1) is 0 Å². The van der Waals surface area contributed by atoms with Gasteiger partial charge in [0.05, 0.1) is 0 Å². The van der Waals surface area contributed by atoms with E-state index in [1.54, 1.807) is 35.1 Å². The second kappa shape index (κ2) is 26.6. The molecule has 0 heterocycles. The van der Waals surface area contributed by atoms with Crippen molar-refractivity contribution < 1.29 is 0 Å². The Labute approximate surface area is 311 Å². The van der Waals surface area contributed by atoms with Crippen molar-refractivity contribution in [3.8, 4) is 0 Å². The molecule has 0 atom stereocenters. The molecule has 0 aromatic heterocycles. The van der Waals surface area contributed by atoms with Gasteiger partial charge in [0.2, 0.25) is 0 Å². The predicted octanol–water partition coefficient (Wildman–Crippen LogP) is 13.7. The number of nitrogens with one attached hydrogen (secondary N) is 2. The highest BCUT2D eigenvalue weighted by atomic mass is 35.5. The molecule has 1 aliphatic rings. The van der Waals surface area contributed by atoms with Crippen LogP contribution >= 0.6 is 11.6 Å². The molecular formula is C47H63ClN2. The Hall–Kier alpha value is -4.27. The van der Waals surface area contributed by atoms with Gasteiger partial charge in [0.15, 0.2) is 0 Å². The molecule has 1 fully saturated rings. The van der Waals surface area contributed by atoms with E-state index in [0.29, 0.717) is 0 Å². The fraction of sp³-hybridized carbons (Fsp3) is 0.319. The summed E-state index contributed by atoms with van der Waals surface area (Å²) in [5.74, 6) is 0.807. The second-order valence-electron chi connectivity index (χ2n) is 12.5. The van der Waals surface area contributed by atoms with Crippen LogP contribution in [0, 0.1) is 20.8 Å². The average molecular weight is 691 g/mol. The Morgan fingerprint density at radius 2 is 1.56 bits per heavy atom. The second-order valence-corrected chi connectivity index (χ2v) is 12.9. The first kappa shape index (κ1) is 43.8. The maximum Gasteiger partial charge on any atom is 0.0406 e. The van der Waals surface area contributed by atoms with E-state index in [1.165, 1.54) is 61.6 Å². The summed E-state index contributed by atoms with van der Waals surface area (Å²) < 4.78 is 0. The summed E-state index contributed by atoms with van der Waals surface area (Å²) in [4.78, 5) is 0. The molecule has 0 spiro atoms. The van der Waals surface area contributed by atoms with Gasteiger partial charge in [-0.1, -0.05) is 148 Å². The SMILES string of the molecule is C=C/C=C(\C=C)C(=C)N/C=C\c1ccc(Cl)cc1.C=CNCCC.CC=C1CCC(c2ccccc2CCC)CC1.Cc1ccc(C)c(C)c1. The quantitative estimate of drug-likeness (QED) is 0.112. The van der Waals surface area contributed by atoms with E-state index in [0.717, 1.165) is 34.3 Å². The molecule has 2 nitrogen and oxygen atoms in total. The van der Waals surface area contributed by atoms with Crippen LogP contribution in [-0.4, -0.2) is 6.54 Å². The smallest absolute Gasteiger partial charge is 0.0406 e. The summed E-state index contributed by atoms with van der Waals surface area (Å²) in [6.07, 6.45) is 22.0. The van der Waals surface area contributed by atoms with Crippen LogP contribution in [0.1, 0.15) is 98.6 Å². The number of hydrogen-bond donors (Lipinski definition) is 2. The zero-order chi connectivity index (χ0) is 37.1. The van der Waals surface area contributed by atoms with E-state index in [9.17, 15) is 0 Å². The van der Waals surface area contributed by atoms with Gasteiger partial charge in [-0.25, -0.2) is 0 Å². The van der Waals surface area contributed by atoms with Crippen molar-refractivity contribution in [1.29, 1.82) is 0 Å². The molecule has 50 heavy (non-hydrogen) atoms. The summed E-state index contributed by atoms with van der Waals surface area (Å²) >= 11 is 5.81. The third-order valence-corrected chi connectivity index (χ3v) is 8.77. The molecule has 1 saturated carbocycles. The van der Waals surface area contributed by atoms with Crippen molar-refractivity contribution in [2.75, 3.05) is 6.54 Å². The van der Waals surface area contributed by atoms with Gasteiger partial charge in [0.1, 0.15) is 0 Å². The first-order chi connectivity index (χ1) is 24.1. The predicted molar refractivity (Wildman–Crippen MR) is 226 cm³/mol. The number of allylic oxidation sites excluding steroid dienone is 5. The minimum absolute atomic E-state index is 0.729. The molecule has 268 valence electrons. The number of aryl methyl sites for hydroxylation is 4. The van der Waals surface area contributed by atoms with E-state index >= 15 is 0 Å². The summed E-state index contributed by atoms with van der Waals surface area (Å²) in [6.45, 7) is 28.8. The van der Waals surface area contributed by atoms with Gasteiger partial charge >= 0.3 is 0 Å². The lowest BCUT2D eigenvalue weighted by Gasteiger charge is -2.26. The molecule has 0 radical (unpaired) electrons. The maximum absolute atomic E-state index is 5.81. The van der Waals surface area contributed by atoms with Crippen molar-refractivity contribution in [3.05, 3.63) is 185 Å². The summed E-state index contributed by atoms with van der Waals surface area (Å²) in [6, 6.07) is 23.2. The van der Waals surface area contributed by atoms with E-state index in [-0.39, 0.29) is 0 Å². The molecule has 4 rings (SSSR count). The number of benzene rings is 3. The Kier molecular flexibility index (Phi) is 23.3. The molecule has 3 aromatic carbocycles. The summed E-state index contributed by atoms with van der Waals surface area (Å²) in [5.41, 5.74) is 11.7. The fourth-order valence-electron chi connectivity index (χ4n) is 5.47. The Balaban J connectivity index is 0.000000360. The highest BCUT2D eigenvalue weighted by Gasteiger charge is 2.19. The van der Waals surface area contributed by atoms with E-state index in [4.69, 9.17) is 11.6 Å². The van der Waals surface area contributed by atoms with E-state index < -0.39 is 0 Å². The minimum atomic E-state index is 0.729. The normalized spacial score (nSPS) is 13.6. The third-order valence-electron chi connectivity index (χ3n) is 8.52. The molecule has 0 saturated heterocycles. The maximum atomic E-state index is 5.81. The largest absolute Gasteiger partial charge is 0.391 e.